The summed E-state index contributed by atoms with van der Waals surface area (Å²) >= 11 is 0.776. The van der Waals surface area contributed by atoms with E-state index in [1.54, 1.807) is 19.2 Å². The van der Waals surface area contributed by atoms with Crippen LogP contribution in [0.5, 0.6) is 0 Å². The summed E-state index contributed by atoms with van der Waals surface area (Å²) in [4.78, 5) is 4.98. The number of morpholine rings is 1. The Labute approximate surface area is 229 Å². The molecule has 3 heterocycles. The highest BCUT2D eigenvalue weighted by Gasteiger charge is 2.31. The van der Waals surface area contributed by atoms with Crippen LogP contribution in [-0.2, 0) is 41.3 Å². The molecule has 4 rings (SSSR count). The Morgan fingerprint density at radius 1 is 1.08 bits per heavy atom. The van der Waals surface area contributed by atoms with Crippen molar-refractivity contribution in [1.29, 1.82) is 0 Å². The molecular formula is C26H37N3O6S3. The Morgan fingerprint density at radius 3 is 2.39 bits per heavy atom. The summed E-state index contributed by atoms with van der Waals surface area (Å²) in [5.74, 6) is 1.29. The molecule has 1 fully saturated rings. The highest BCUT2D eigenvalue weighted by atomic mass is 32.3. The van der Waals surface area contributed by atoms with E-state index in [0.717, 1.165) is 42.1 Å². The molecule has 12 heteroatoms. The number of thiophene rings is 1. The van der Waals surface area contributed by atoms with Crippen molar-refractivity contribution in [1.82, 2.24) is 13.9 Å². The zero-order chi connectivity index (χ0) is 27.7. The van der Waals surface area contributed by atoms with Crippen molar-refractivity contribution in [2.45, 2.75) is 65.8 Å². The number of fused-ring (bicyclic) bond motifs is 1. The lowest BCUT2D eigenvalue weighted by Crippen LogP contribution is -2.40. The molecule has 38 heavy (non-hydrogen) atoms. The summed E-state index contributed by atoms with van der Waals surface area (Å²) in [5, 5.41) is 0. The van der Waals surface area contributed by atoms with Gasteiger partial charge in [-0.2, -0.15) is 4.31 Å². The smallest absolute Gasteiger partial charge is 0.252 e. The molecule has 1 atom stereocenters. The zero-order valence-electron chi connectivity index (χ0n) is 22.6. The maximum Gasteiger partial charge on any atom is 0.252 e. The fraction of sp³-hybridized carbons (Fsp3) is 0.577. The molecule has 1 aromatic carbocycles. The molecular weight excluding hydrogens is 547 g/mol. The minimum absolute atomic E-state index is 0.00947. The molecule has 0 radical (unpaired) electrons. The number of rotatable bonds is 10. The van der Waals surface area contributed by atoms with Gasteiger partial charge in [-0.15, -0.1) is 11.3 Å². The first-order valence-electron chi connectivity index (χ1n) is 12.8. The quantitative estimate of drug-likeness (QED) is 0.350. The fourth-order valence-corrected chi connectivity index (χ4v) is 9.37. The van der Waals surface area contributed by atoms with E-state index in [1.807, 2.05) is 6.07 Å². The van der Waals surface area contributed by atoms with Crippen LogP contribution in [-0.4, -0.2) is 70.7 Å². The van der Waals surface area contributed by atoms with Crippen molar-refractivity contribution in [3.63, 3.8) is 0 Å². The topological polar surface area (TPSA) is 108 Å². The Hall–Kier alpha value is -1.83. The standard InChI is InChI=1S/C26H37N3O6S3/c1-6-19(11-14-34-5)18-29-22-8-7-20(17-21(22)27-25(29)26(2,3)4)37(30,31)23-9-10-24(36-23)38(32,33)28-12-15-35-16-13-28/h7-10,17,19H,6,11-16,18H2,1-5H3. The molecule has 0 aliphatic carbocycles. The predicted molar refractivity (Wildman–Crippen MR) is 148 cm³/mol. The van der Waals surface area contributed by atoms with Crippen molar-refractivity contribution in [3.8, 4) is 0 Å². The second-order valence-electron chi connectivity index (χ2n) is 10.6. The number of benzene rings is 1. The minimum Gasteiger partial charge on any atom is -0.385 e. The van der Waals surface area contributed by atoms with Gasteiger partial charge in [-0.25, -0.2) is 21.8 Å². The maximum atomic E-state index is 13.6. The highest BCUT2D eigenvalue weighted by molar-refractivity contribution is 7.95. The Morgan fingerprint density at radius 2 is 1.76 bits per heavy atom. The Kier molecular flexibility index (Phi) is 8.70. The number of imidazole rings is 1. The van der Waals surface area contributed by atoms with Crippen LogP contribution in [0.2, 0.25) is 0 Å². The van der Waals surface area contributed by atoms with E-state index < -0.39 is 19.9 Å². The van der Waals surface area contributed by atoms with Gasteiger partial charge >= 0.3 is 0 Å². The van der Waals surface area contributed by atoms with Crippen LogP contribution >= 0.6 is 11.3 Å². The van der Waals surface area contributed by atoms with Crippen LogP contribution < -0.4 is 0 Å². The van der Waals surface area contributed by atoms with Gasteiger partial charge < -0.3 is 14.0 Å². The molecule has 0 amide bonds. The second kappa shape index (κ2) is 11.3. The van der Waals surface area contributed by atoms with E-state index >= 15 is 0 Å². The maximum absolute atomic E-state index is 13.6. The largest absolute Gasteiger partial charge is 0.385 e. The molecule has 210 valence electrons. The SMILES string of the molecule is CCC(CCOC)Cn1c(C(C)(C)C)nc2cc(S(=O)(=O)c3ccc(S(=O)(=O)N4CCOCC4)s3)ccc21. The molecule has 3 aromatic rings. The van der Waals surface area contributed by atoms with Gasteiger partial charge in [-0.1, -0.05) is 34.1 Å². The van der Waals surface area contributed by atoms with Crippen LogP contribution in [0.25, 0.3) is 11.0 Å². The van der Waals surface area contributed by atoms with Crippen molar-refractivity contribution in [2.24, 2.45) is 5.92 Å². The average molecular weight is 584 g/mol. The van der Waals surface area contributed by atoms with Crippen molar-refractivity contribution < 1.29 is 26.3 Å². The number of methoxy groups -OCH3 is 1. The monoisotopic (exact) mass is 583 g/mol. The predicted octanol–water partition coefficient (Wildman–Crippen LogP) is 4.31. The third kappa shape index (κ3) is 5.85. The van der Waals surface area contributed by atoms with E-state index in [0.29, 0.717) is 31.3 Å². The van der Waals surface area contributed by atoms with Crippen molar-refractivity contribution in [2.75, 3.05) is 40.0 Å². The summed E-state index contributed by atoms with van der Waals surface area (Å²) in [7, 11) is -6.00. The van der Waals surface area contributed by atoms with Crippen LogP contribution in [0, 0.1) is 5.92 Å². The van der Waals surface area contributed by atoms with E-state index in [9.17, 15) is 16.8 Å². The second-order valence-corrected chi connectivity index (χ2v) is 16.0. The molecule has 2 aromatic heterocycles. The Bertz CT molecular complexity index is 1480. The summed E-state index contributed by atoms with van der Waals surface area (Å²) in [5.41, 5.74) is 1.25. The fourth-order valence-electron chi connectivity index (χ4n) is 4.62. The average Bonchev–Trinajstić information content (AvgIpc) is 3.53. The highest BCUT2D eigenvalue weighted by Crippen LogP contribution is 2.34. The summed E-state index contributed by atoms with van der Waals surface area (Å²) in [6.45, 7) is 11.1. The normalized spacial score (nSPS) is 16.8. The van der Waals surface area contributed by atoms with E-state index in [-0.39, 0.29) is 31.8 Å². The third-order valence-electron chi connectivity index (χ3n) is 6.83. The molecule has 1 unspecified atom stereocenters. The van der Waals surface area contributed by atoms with Crippen LogP contribution in [0.1, 0.15) is 46.4 Å². The molecule has 0 bridgehead atoms. The molecule has 1 aliphatic heterocycles. The lowest BCUT2D eigenvalue weighted by atomic mass is 9.95. The first-order chi connectivity index (χ1) is 17.9. The number of hydrogen-bond acceptors (Lipinski definition) is 8. The van der Waals surface area contributed by atoms with Gasteiger partial charge in [0.15, 0.2) is 0 Å². The zero-order valence-corrected chi connectivity index (χ0v) is 25.1. The van der Waals surface area contributed by atoms with Crippen LogP contribution in [0.15, 0.2) is 43.6 Å². The van der Waals surface area contributed by atoms with Crippen LogP contribution in [0.3, 0.4) is 0 Å². The first kappa shape index (κ1) is 29.2. The molecule has 1 aliphatic rings. The number of sulfone groups is 1. The van der Waals surface area contributed by atoms with Gasteiger partial charge in [0.05, 0.1) is 29.1 Å². The van der Waals surface area contributed by atoms with Crippen molar-refractivity contribution >= 4 is 42.2 Å². The number of ether oxygens (including phenoxy) is 2. The van der Waals surface area contributed by atoms with Crippen molar-refractivity contribution in [3.05, 3.63) is 36.2 Å². The van der Waals surface area contributed by atoms with Gasteiger partial charge in [-0.05, 0) is 42.7 Å². The van der Waals surface area contributed by atoms with Crippen LogP contribution in [0.4, 0.5) is 0 Å². The summed E-state index contributed by atoms with van der Waals surface area (Å²) < 4.78 is 67.2. The van der Waals surface area contributed by atoms with Gasteiger partial charge in [0, 0.05) is 38.8 Å². The number of sulfonamides is 1. The van der Waals surface area contributed by atoms with Gasteiger partial charge in [0.2, 0.25) is 9.84 Å². The summed E-state index contributed by atoms with van der Waals surface area (Å²) in [6.07, 6.45) is 1.92. The molecule has 0 N–H and O–H groups in total. The molecule has 1 saturated heterocycles. The van der Waals surface area contributed by atoms with Gasteiger partial charge in [0.1, 0.15) is 14.2 Å². The van der Waals surface area contributed by atoms with Gasteiger partial charge in [-0.3, -0.25) is 0 Å². The Balaban J connectivity index is 1.70. The third-order valence-corrected chi connectivity index (χ3v) is 12.5. The molecule has 0 spiro atoms. The lowest BCUT2D eigenvalue weighted by molar-refractivity contribution is 0.0731. The van der Waals surface area contributed by atoms with E-state index in [4.69, 9.17) is 14.5 Å². The number of aromatic nitrogens is 2. The molecule has 0 saturated carbocycles. The van der Waals surface area contributed by atoms with Gasteiger partial charge in [0.25, 0.3) is 10.0 Å². The first-order valence-corrected chi connectivity index (χ1v) is 16.6. The van der Waals surface area contributed by atoms with E-state index in [1.165, 1.54) is 16.4 Å². The number of hydrogen-bond donors (Lipinski definition) is 0. The lowest BCUT2D eigenvalue weighted by Gasteiger charge is -2.25. The van der Waals surface area contributed by atoms with E-state index in [2.05, 4.69) is 32.3 Å². The molecule has 9 nitrogen and oxygen atoms in total. The summed E-state index contributed by atoms with van der Waals surface area (Å²) in [6, 6.07) is 7.75. The number of nitrogens with zero attached hydrogens (tertiary/aromatic N) is 3. The minimum atomic E-state index is -3.93.